The number of aliphatic carboxylic acids is 1. The van der Waals surface area contributed by atoms with Crippen LogP contribution in [0.25, 0.3) is 0 Å². The van der Waals surface area contributed by atoms with Gasteiger partial charge in [0.25, 0.3) is 5.17 Å². The van der Waals surface area contributed by atoms with E-state index in [1.807, 2.05) is 0 Å². The second kappa shape index (κ2) is 6.65. The molecule has 0 aliphatic rings. The third-order valence-electron chi connectivity index (χ3n) is 0.975. The summed E-state index contributed by atoms with van der Waals surface area (Å²) < 4.78 is 4.77. The summed E-state index contributed by atoms with van der Waals surface area (Å²) in [6.07, 6.45) is -0.995. The smallest absolute Gasteiger partial charge is 0.546 e. The summed E-state index contributed by atoms with van der Waals surface area (Å²) in [5.74, 6) is -1.27. The van der Waals surface area contributed by atoms with Gasteiger partial charge in [-0.05, 0) is 19.1 Å². The summed E-state index contributed by atoms with van der Waals surface area (Å²) in [7, 11) is 3.34. The van der Waals surface area contributed by atoms with Crippen molar-refractivity contribution in [3.63, 3.8) is 0 Å². The minimum atomic E-state index is -1.27. The number of carbonyl (C=O) groups excluding carboxylic acids is 1. The van der Waals surface area contributed by atoms with Crippen molar-refractivity contribution in [2.75, 3.05) is 14.1 Å². The summed E-state index contributed by atoms with van der Waals surface area (Å²) in [5, 5.41) is 10.3. The molecule has 64 valence electrons. The maximum atomic E-state index is 10.1. The van der Waals surface area contributed by atoms with Crippen LogP contribution >= 0.6 is 12.2 Å². The average Bonchev–Trinajstić information content (AvgIpc) is 1.87. The Balaban J connectivity index is 0. The molecule has 6 heteroatoms. The van der Waals surface area contributed by atoms with Gasteiger partial charge in [-0.25, -0.2) is 0 Å². The Bertz CT molecular complexity index is 174. The van der Waals surface area contributed by atoms with Crippen molar-refractivity contribution in [3.05, 3.63) is 0 Å². The van der Waals surface area contributed by atoms with Gasteiger partial charge in [-0.15, -0.1) is 0 Å². The monoisotopic (exact) mass is 199 g/mol. The van der Waals surface area contributed by atoms with Gasteiger partial charge in [0.2, 0.25) is 0 Å². The van der Waals surface area contributed by atoms with Crippen molar-refractivity contribution in [1.29, 1.82) is 0 Å². The fourth-order valence-electron chi connectivity index (χ4n) is 0.305. The topological polar surface area (TPSA) is 52.6 Å². The normalized spacial score (nSPS) is 10.9. The first-order valence-electron chi connectivity index (χ1n) is 3.04. The van der Waals surface area contributed by atoms with Crippen molar-refractivity contribution in [2.24, 2.45) is 0 Å². The van der Waals surface area contributed by atoms with Gasteiger partial charge >= 0.3 is 29.6 Å². The van der Waals surface area contributed by atoms with Crippen LogP contribution in [-0.2, 0) is 9.53 Å². The molecule has 0 radical (unpaired) electrons. The summed E-state index contributed by atoms with van der Waals surface area (Å²) >= 11 is 4.69. The number of carboxylic acids is 1. The van der Waals surface area contributed by atoms with Gasteiger partial charge in [-0.3, -0.25) is 0 Å². The molecule has 0 bridgehead atoms. The van der Waals surface area contributed by atoms with Crippen LogP contribution in [0.1, 0.15) is 6.92 Å². The summed E-state index contributed by atoms with van der Waals surface area (Å²) in [6.45, 7) is 1.37. The molecule has 0 N–H and O–H groups in total. The van der Waals surface area contributed by atoms with Crippen molar-refractivity contribution in [2.45, 2.75) is 13.0 Å². The first kappa shape index (κ1) is 14.7. The average molecular weight is 199 g/mol. The summed E-state index contributed by atoms with van der Waals surface area (Å²) in [6, 6.07) is 0. The van der Waals surface area contributed by atoms with Gasteiger partial charge in [0, 0.05) is 14.1 Å². The molecule has 0 amide bonds. The molecule has 0 aromatic carbocycles. The largest absolute Gasteiger partial charge is 1.00 e. The maximum Gasteiger partial charge on any atom is 1.00 e. The van der Waals surface area contributed by atoms with Gasteiger partial charge in [0.15, 0.2) is 0 Å². The number of hydrogen-bond donors (Lipinski definition) is 0. The summed E-state index contributed by atoms with van der Waals surface area (Å²) in [5.41, 5.74) is 0. The second-order valence-corrected chi connectivity index (χ2v) is 2.59. The number of rotatable bonds is 2. The minimum Gasteiger partial charge on any atom is -0.546 e. The molecule has 0 saturated heterocycles. The molecule has 0 saturated carbocycles. The van der Waals surface area contributed by atoms with Crippen molar-refractivity contribution < 1.29 is 44.2 Å². The van der Waals surface area contributed by atoms with E-state index in [1.54, 1.807) is 14.1 Å². The molecule has 0 heterocycles. The van der Waals surface area contributed by atoms with E-state index >= 15 is 0 Å². The minimum absolute atomic E-state index is 0. The van der Waals surface area contributed by atoms with Crippen LogP contribution in [-0.4, -0.2) is 36.2 Å². The molecule has 0 aromatic heterocycles. The van der Waals surface area contributed by atoms with Crippen LogP contribution in [0.15, 0.2) is 0 Å². The number of carbonyl (C=O) groups is 1. The Morgan fingerprint density at radius 2 is 2.00 bits per heavy atom. The molecular formula is C6H10NNaO3S. The SMILES string of the molecule is C[C@@H](OC(=S)N(C)C)C(=O)[O-].[Na+]. The number of thiocarbonyl (C=S) groups is 1. The molecule has 12 heavy (non-hydrogen) atoms. The van der Waals surface area contributed by atoms with E-state index in [1.165, 1.54) is 11.8 Å². The molecule has 0 spiro atoms. The number of carboxylic acid groups (broad SMARTS) is 1. The zero-order chi connectivity index (χ0) is 9.02. The maximum absolute atomic E-state index is 10.1. The predicted molar refractivity (Wildman–Crippen MR) is 41.8 cm³/mol. The molecule has 0 unspecified atom stereocenters. The first-order valence-corrected chi connectivity index (χ1v) is 3.44. The molecule has 0 aliphatic carbocycles. The third kappa shape index (κ3) is 5.77. The Morgan fingerprint density at radius 1 is 1.58 bits per heavy atom. The van der Waals surface area contributed by atoms with Crippen molar-refractivity contribution in [3.8, 4) is 0 Å². The van der Waals surface area contributed by atoms with Crippen molar-refractivity contribution >= 4 is 23.4 Å². The van der Waals surface area contributed by atoms with Gasteiger partial charge < -0.3 is 19.5 Å². The van der Waals surface area contributed by atoms with Gasteiger partial charge in [-0.1, -0.05) is 0 Å². The Labute approximate surface area is 99.2 Å². The van der Waals surface area contributed by atoms with E-state index in [4.69, 9.17) is 4.74 Å². The quantitative estimate of drug-likeness (QED) is 0.335. The summed E-state index contributed by atoms with van der Waals surface area (Å²) in [4.78, 5) is 11.7. The fraction of sp³-hybridized carbons (Fsp3) is 0.667. The van der Waals surface area contributed by atoms with E-state index in [9.17, 15) is 9.90 Å². The van der Waals surface area contributed by atoms with Crippen LogP contribution < -0.4 is 34.7 Å². The molecule has 4 nitrogen and oxygen atoms in total. The molecule has 0 aromatic rings. The second-order valence-electron chi connectivity index (χ2n) is 2.24. The standard InChI is InChI=1S/C6H11NO3S.Na/c1-4(5(8)9)10-6(11)7(2)3;/h4H,1-3H3,(H,8,9);/q;+1/p-1/t4-;/m1./s1. The Kier molecular flexibility index (Phi) is 8.13. The number of nitrogens with zero attached hydrogens (tertiary/aromatic N) is 1. The Morgan fingerprint density at radius 3 is 2.25 bits per heavy atom. The van der Waals surface area contributed by atoms with Crippen molar-refractivity contribution in [1.82, 2.24) is 4.90 Å². The van der Waals surface area contributed by atoms with E-state index < -0.39 is 12.1 Å². The Hall–Kier alpha value is 0.160. The van der Waals surface area contributed by atoms with E-state index in [0.717, 1.165) is 0 Å². The molecular weight excluding hydrogens is 189 g/mol. The predicted octanol–water partition coefficient (Wildman–Crippen LogP) is -4.01. The first-order chi connectivity index (χ1) is 4.95. The van der Waals surface area contributed by atoms with Crippen LogP contribution in [0.4, 0.5) is 0 Å². The van der Waals surface area contributed by atoms with Crippen LogP contribution in [0.3, 0.4) is 0 Å². The van der Waals surface area contributed by atoms with Crippen LogP contribution in [0.2, 0.25) is 0 Å². The fourth-order valence-corrected chi connectivity index (χ4v) is 0.449. The van der Waals surface area contributed by atoms with Gasteiger partial charge in [-0.2, -0.15) is 0 Å². The van der Waals surface area contributed by atoms with E-state index in [2.05, 4.69) is 12.2 Å². The van der Waals surface area contributed by atoms with Gasteiger partial charge in [0.1, 0.15) is 6.10 Å². The van der Waals surface area contributed by atoms with Crippen LogP contribution in [0.5, 0.6) is 0 Å². The van der Waals surface area contributed by atoms with E-state index in [0.29, 0.717) is 0 Å². The number of hydrogen-bond acceptors (Lipinski definition) is 4. The van der Waals surface area contributed by atoms with E-state index in [-0.39, 0.29) is 34.7 Å². The van der Waals surface area contributed by atoms with Gasteiger partial charge in [0.05, 0.1) is 5.97 Å². The number of ether oxygens (including phenoxy) is 1. The zero-order valence-corrected chi connectivity index (χ0v) is 10.5. The molecule has 0 rings (SSSR count). The molecule has 0 fully saturated rings. The zero-order valence-electron chi connectivity index (χ0n) is 7.66. The molecule has 1 atom stereocenters. The van der Waals surface area contributed by atoms with Crippen LogP contribution in [0, 0.1) is 0 Å². The third-order valence-corrected chi connectivity index (χ3v) is 1.44. The molecule has 0 aliphatic heterocycles.